The number of thiophene rings is 1. The van der Waals surface area contributed by atoms with Crippen LogP contribution < -0.4 is 0 Å². The zero-order chi connectivity index (χ0) is 22.7. The number of piperazine rings is 1. The van der Waals surface area contributed by atoms with Gasteiger partial charge in [-0.05, 0) is 56.6 Å². The number of likely N-dealkylation sites (tertiary alicyclic amines) is 1. The summed E-state index contributed by atoms with van der Waals surface area (Å²) in [5.41, 5.74) is 0. The second-order valence-corrected chi connectivity index (χ2v) is 10.1. The minimum absolute atomic E-state index is 0.00621. The van der Waals surface area contributed by atoms with E-state index in [1.807, 2.05) is 23.1 Å². The van der Waals surface area contributed by atoms with Gasteiger partial charge in [0.2, 0.25) is 5.91 Å². The Kier molecular flexibility index (Phi) is 7.37. The lowest BCUT2D eigenvalue weighted by atomic mass is 10.0. The van der Waals surface area contributed by atoms with Gasteiger partial charge in [-0.15, -0.1) is 17.8 Å². The van der Waals surface area contributed by atoms with Gasteiger partial charge in [0, 0.05) is 41.9 Å². The van der Waals surface area contributed by atoms with Crippen molar-refractivity contribution in [1.82, 2.24) is 19.6 Å². The summed E-state index contributed by atoms with van der Waals surface area (Å²) in [5.74, 6) is 2.28. The molecule has 6 nitrogen and oxygen atoms in total. The van der Waals surface area contributed by atoms with Gasteiger partial charge in [0.1, 0.15) is 6.54 Å². The quantitative estimate of drug-likeness (QED) is 0.628. The van der Waals surface area contributed by atoms with Gasteiger partial charge in [0.05, 0.1) is 11.4 Å². The van der Waals surface area contributed by atoms with E-state index in [4.69, 9.17) is 18.0 Å². The predicted octanol–water partition coefficient (Wildman–Crippen LogP) is 2.87. The molecule has 0 unspecified atom stereocenters. The number of carbonyl (C=O) groups is 2. The number of benzene rings is 1. The number of nitrogens with zero attached hydrogens (tertiary/aromatic N) is 4. The van der Waals surface area contributed by atoms with E-state index in [2.05, 4.69) is 22.8 Å². The highest BCUT2D eigenvalue weighted by atomic mass is 35.5. The highest BCUT2D eigenvalue weighted by Crippen LogP contribution is 2.29. The number of hydrogen-bond donors (Lipinski definition) is 0. The smallest absolute Gasteiger partial charge is 0.265 e. The number of fused-ring (bicyclic) bond motifs is 1. The van der Waals surface area contributed by atoms with Gasteiger partial charge < -0.3 is 14.7 Å². The lowest BCUT2D eigenvalue weighted by molar-refractivity contribution is -0.134. The van der Waals surface area contributed by atoms with Crippen molar-refractivity contribution in [1.29, 1.82) is 0 Å². The SMILES string of the molecule is C#CCN(CC(=O)N1CCN(C2CCN(C)CC2)CC1)C(=O)c1cc2ccc(Cl)cc2s1. The van der Waals surface area contributed by atoms with Gasteiger partial charge in [-0.1, -0.05) is 23.6 Å². The highest BCUT2D eigenvalue weighted by Gasteiger charge is 2.29. The first-order chi connectivity index (χ1) is 15.4. The molecule has 170 valence electrons. The second kappa shape index (κ2) is 10.2. The molecule has 8 heteroatoms. The van der Waals surface area contributed by atoms with Gasteiger partial charge in [0.15, 0.2) is 0 Å². The third-order valence-corrected chi connectivity index (χ3v) is 7.78. The number of amides is 2. The third kappa shape index (κ3) is 5.26. The topological polar surface area (TPSA) is 47.1 Å². The first kappa shape index (κ1) is 23.1. The monoisotopic (exact) mass is 472 g/mol. The first-order valence-electron chi connectivity index (χ1n) is 11.1. The van der Waals surface area contributed by atoms with Crippen molar-refractivity contribution in [2.24, 2.45) is 0 Å². The van der Waals surface area contributed by atoms with Crippen LogP contribution in [0, 0.1) is 12.3 Å². The Labute approximate surface area is 198 Å². The Morgan fingerprint density at radius 1 is 1.16 bits per heavy atom. The molecule has 0 N–H and O–H groups in total. The van der Waals surface area contributed by atoms with Crippen LogP contribution in [0.15, 0.2) is 24.3 Å². The lowest BCUT2D eigenvalue weighted by Crippen LogP contribution is -2.55. The van der Waals surface area contributed by atoms with Crippen molar-refractivity contribution < 1.29 is 9.59 Å². The Balaban J connectivity index is 1.36. The van der Waals surface area contributed by atoms with Crippen LogP contribution >= 0.6 is 22.9 Å². The van der Waals surface area contributed by atoms with Gasteiger partial charge in [-0.2, -0.15) is 0 Å². The van der Waals surface area contributed by atoms with E-state index in [-0.39, 0.29) is 24.9 Å². The van der Waals surface area contributed by atoms with E-state index in [1.165, 1.54) is 29.1 Å². The summed E-state index contributed by atoms with van der Waals surface area (Å²) >= 11 is 7.44. The van der Waals surface area contributed by atoms with Crippen molar-refractivity contribution in [3.63, 3.8) is 0 Å². The molecule has 0 aliphatic carbocycles. The molecule has 0 radical (unpaired) electrons. The predicted molar refractivity (Wildman–Crippen MR) is 130 cm³/mol. The van der Waals surface area contributed by atoms with Gasteiger partial charge in [-0.3, -0.25) is 14.5 Å². The lowest BCUT2D eigenvalue weighted by Gasteiger charge is -2.42. The molecular weight excluding hydrogens is 444 g/mol. The standard InChI is InChI=1S/C24H29ClN4O2S/c1-3-8-29(24(31)22-15-18-4-5-19(25)16-21(18)32-22)17-23(30)28-13-11-27(12-14-28)20-6-9-26(2)10-7-20/h1,4-5,15-16,20H,6-14,17H2,2H3. The molecule has 4 rings (SSSR count). The molecule has 3 heterocycles. The van der Waals surface area contributed by atoms with Crippen LogP contribution in [0.3, 0.4) is 0 Å². The van der Waals surface area contributed by atoms with Crippen LogP contribution in [0.1, 0.15) is 22.5 Å². The summed E-state index contributed by atoms with van der Waals surface area (Å²) < 4.78 is 0.942. The maximum absolute atomic E-state index is 13.1. The number of rotatable bonds is 5. The van der Waals surface area contributed by atoms with Gasteiger partial charge >= 0.3 is 0 Å². The fourth-order valence-corrected chi connectivity index (χ4v) is 5.84. The average molecular weight is 473 g/mol. The van der Waals surface area contributed by atoms with Crippen LogP contribution in [0.4, 0.5) is 0 Å². The van der Waals surface area contributed by atoms with Crippen LogP contribution in [0.25, 0.3) is 10.1 Å². The fraction of sp³-hybridized carbons (Fsp3) is 0.500. The van der Waals surface area contributed by atoms with Crippen LogP contribution in [-0.4, -0.2) is 96.9 Å². The van der Waals surface area contributed by atoms with Crippen molar-refractivity contribution in [2.45, 2.75) is 18.9 Å². The van der Waals surface area contributed by atoms with E-state index in [1.54, 1.807) is 6.07 Å². The average Bonchev–Trinajstić information content (AvgIpc) is 3.22. The fourth-order valence-electron chi connectivity index (χ4n) is 4.54. The Bertz CT molecular complexity index is 1020. The third-order valence-electron chi connectivity index (χ3n) is 6.46. The van der Waals surface area contributed by atoms with E-state index in [9.17, 15) is 9.59 Å². The summed E-state index contributed by atoms with van der Waals surface area (Å²) in [6.07, 6.45) is 7.89. The number of piperidine rings is 1. The van der Waals surface area contributed by atoms with Gasteiger partial charge in [-0.25, -0.2) is 0 Å². The maximum atomic E-state index is 13.1. The summed E-state index contributed by atoms with van der Waals surface area (Å²) in [4.78, 5) is 34.9. The molecule has 2 aliphatic heterocycles. The van der Waals surface area contributed by atoms with E-state index >= 15 is 0 Å². The highest BCUT2D eigenvalue weighted by molar-refractivity contribution is 7.20. The minimum atomic E-state index is -0.210. The maximum Gasteiger partial charge on any atom is 0.265 e. The number of terminal acetylenes is 1. The molecule has 0 spiro atoms. The summed E-state index contributed by atoms with van der Waals surface area (Å²) in [6.45, 7) is 5.56. The summed E-state index contributed by atoms with van der Waals surface area (Å²) in [7, 11) is 2.17. The minimum Gasteiger partial charge on any atom is -0.339 e. The molecule has 1 aromatic carbocycles. The normalized spacial score (nSPS) is 18.6. The molecule has 1 aromatic heterocycles. The summed E-state index contributed by atoms with van der Waals surface area (Å²) in [5, 5.41) is 1.59. The molecule has 2 aromatic rings. The van der Waals surface area contributed by atoms with Crippen LogP contribution in [-0.2, 0) is 4.79 Å². The molecule has 0 saturated carbocycles. The zero-order valence-electron chi connectivity index (χ0n) is 18.4. The number of carbonyl (C=O) groups excluding carboxylic acids is 2. The van der Waals surface area contributed by atoms with Crippen molar-refractivity contribution in [3.8, 4) is 12.3 Å². The zero-order valence-corrected chi connectivity index (χ0v) is 20.0. The Morgan fingerprint density at radius 2 is 1.88 bits per heavy atom. The van der Waals surface area contributed by atoms with E-state index in [0.29, 0.717) is 29.0 Å². The molecule has 2 amide bonds. The van der Waals surface area contributed by atoms with Crippen molar-refractivity contribution in [2.75, 3.05) is 59.4 Å². The summed E-state index contributed by atoms with van der Waals surface area (Å²) in [6, 6.07) is 8.00. The molecule has 0 bridgehead atoms. The molecule has 2 aliphatic rings. The van der Waals surface area contributed by atoms with E-state index < -0.39 is 0 Å². The van der Waals surface area contributed by atoms with Gasteiger partial charge in [0.25, 0.3) is 5.91 Å². The van der Waals surface area contributed by atoms with Crippen LogP contribution in [0.2, 0.25) is 5.02 Å². The van der Waals surface area contributed by atoms with Crippen molar-refractivity contribution >= 4 is 44.8 Å². The molecule has 2 saturated heterocycles. The molecule has 0 atom stereocenters. The van der Waals surface area contributed by atoms with Crippen LogP contribution in [0.5, 0.6) is 0 Å². The molecular formula is C24H29ClN4O2S. The largest absolute Gasteiger partial charge is 0.339 e. The van der Waals surface area contributed by atoms with E-state index in [0.717, 1.165) is 36.3 Å². The molecule has 2 fully saturated rings. The van der Waals surface area contributed by atoms with Crippen molar-refractivity contribution in [3.05, 3.63) is 34.2 Å². The first-order valence-corrected chi connectivity index (χ1v) is 12.3. The Morgan fingerprint density at radius 3 is 2.56 bits per heavy atom. The molecule has 32 heavy (non-hydrogen) atoms. The second-order valence-electron chi connectivity index (χ2n) is 8.61. The number of halogens is 1. The Hall–Kier alpha value is -2.11. The number of hydrogen-bond acceptors (Lipinski definition) is 5.